The first kappa shape index (κ1) is 10.4. The second-order valence-corrected chi connectivity index (χ2v) is 4.92. The molecule has 0 amide bonds. The quantitative estimate of drug-likeness (QED) is 0.703. The fourth-order valence-corrected chi connectivity index (χ4v) is 3.07. The van der Waals surface area contributed by atoms with Crippen molar-refractivity contribution in [3.8, 4) is 0 Å². The van der Waals surface area contributed by atoms with Crippen molar-refractivity contribution in [2.45, 2.75) is 18.7 Å². The van der Waals surface area contributed by atoms with Crippen LogP contribution in [0.15, 0.2) is 10.5 Å². The van der Waals surface area contributed by atoms with Crippen molar-refractivity contribution in [2.24, 2.45) is 0 Å². The van der Waals surface area contributed by atoms with Crippen LogP contribution in [0.1, 0.15) is 15.1 Å². The molecule has 1 rings (SSSR count). The van der Waals surface area contributed by atoms with Gasteiger partial charge in [0.25, 0.3) is 6.43 Å². The molecule has 0 aromatic carbocycles. The number of halogens is 4. The smallest absolute Gasteiger partial charge is 0.208 e. The zero-order valence-corrected chi connectivity index (χ0v) is 9.31. The molecule has 0 aliphatic carbocycles. The van der Waals surface area contributed by atoms with Crippen molar-refractivity contribution in [3.63, 3.8) is 0 Å². The number of aryl methyl sites for hydroxylation is 1. The van der Waals surface area contributed by atoms with Gasteiger partial charge in [-0.15, -0.1) is 22.9 Å². The predicted octanol–water partition coefficient (Wildman–Crippen LogP) is 4.36. The Labute approximate surface area is 86.7 Å². The Morgan fingerprint density at radius 2 is 2.17 bits per heavy atom. The second-order valence-electron chi connectivity index (χ2n) is 2.31. The Morgan fingerprint density at radius 3 is 2.50 bits per heavy atom. The van der Waals surface area contributed by atoms with E-state index in [0.717, 1.165) is 4.88 Å². The lowest BCUT2D eigenvalue weighted by molar-refractivity contribution is 0.144. The Hall–Kier alpha value is 0.330. The van der Waals surface area contributed by atoms with Crippen LogP contribution in [0.25, 0.3) is 0 Å². The highest BCUT2D eigenvalue weighted by atomic mass is 79.9. The molecular formula is C7H6BrClF2S. The van der Waals surface area contributed by atoms with Crippen LogP contribution >= 0.6 is 38.9 Å². The molecule has 1 aromatic heterocycles. The SMILES string of the molecule is Cc1cc(Br)c(C(Cl)C(F)F)s1. The molecule has 0 saturated carbocycles. The van der Waals surface area contributed by atoms with E-state index in [2.05, 4.69) is 15.9 Å². The minimum Gasteiger partial charge on any atom is -0.208 e. The highest BCUT2D eigenvalue weighted by Gasteiger charge is 2.23. The molecule has 0 saturated heterocycles. The third-order valence-corrected chi connectivity index (χ3v) is 3.90. The average molecular weight is 276 g/mol. The van der Waals surface area contributed by atoms with E-state index in [1.54, 1.807) is 6.07 Å². The maximum atomic E-state index is 12.2. The van der Waals surface area contributed by atoms with Crippen LogP contribution in [-0.4, -0.2) is 6.43 Å². The number of hydrogen-bond acceptors (Lipinski definition) is 1. The van der Waals surface area contributed by atoms with E-state index in [-0.39, 0.29) is 0 Å². The van der Waals surface area contributed by atoms with Gasteiger partial charge in [-0.1, -0.05) is 0 Å². The predicted molar refractivity (Wildman–Crippen MR) is 51.4 cm³/mol. The van der Waals surface area contributed by atoms with Crippen molar-refractivity contribution < 1.29 is 8.78 Å². The highest BCUT2D eigenvalue weighted by molar-refractivity contribution is 9.10. The topological polar surface area (TPSA) is 0 Å². The number of rotatable bonds is 2. The maximum Gasteiger partial charge on any atom is 0.259 e. The van der Waals surface area contributed by atoms with Gasteiger partial charge in [0.1, 0.15) is 5.38 Å². The largest absolute Gasteiger partial charge is 0.259 e. The van der Waals surface area contributed by atoms with Crippen LogP contribution in [0.2, 0.25) is 0 Å². The van der Waals surface area contributed by atoms with Crippen LogP contribution < -0.4 is 0 Å². The van der Waals surface area contributed by atoms with Gasteiger partial charge < -0.3 is 0 Å². The van der Waals surface area contributed by atoms with Gasteiger partial charge in [-0.2, -0.15) is 0 Å². The first-order valence-electron chi connectivity index (χ1n) is 3.20. The van der Waals surface area contributed by atoms with Gasteiger partial charge in [-0.05, 0) is 28.9 Å². The Bertz CT molecular complexity index is 274. The van der Waals surface area contributed by atoms with Gasteiger partial charge in [0.05, 0.1) is 0 Å². The fraction of sp³-hybridized carbons (Fsp3) is 0.429. The minimum atomic E-state index is -2.51. The standard InChI is InChI=1S/C7H6BrClF2S/c1-3-2-4(8)6(12-3)5(9)7(10)11/h2,5,7H,1H3. The van der Waals surface area contributed by atoms with E-state index in [1.807, 2.05) is 6.92 Å². The normalized spacial score (nSPS) is 13.8. The van der Waals surface area contributed by atoms with Crippen molar-refractivity contribution >= 4 is 38.9 Å². The number of thiophene rings is 1. The summed E-state index contributed by atoms with van der Waals surface area (Å²) in [4.78, 5) is 1.48. The van der Waals surface area contributed by atoms with Crippen molar-refractivity contribution in [2.75, 3.05) is 0 Å². The summed E-state index contributed by atoms with van der Waals surface area (Å²) >= 11 is 9.96. The molecule has 0 spiro atoms. The fourth-order valence-electron chi connectivity index (χ4n) is 0.804. The molecule has 1 unspecified atom stereocenters. The van der Waals surface area contributed by atoms with Gasteiger partial charge in [0.2, 0.25) is 0 Å². The minimum absolute atomic E-state index is 0.504. The molecule has 1 atom stereocenters. The summed E-state index contributed by atoms with van der Waals surface area (Å²) in [6.07, 6.45) is -2.51. The molecule has 0 fully saturated rings. The van der Waals surface area contributed by atoms with Gasteiger partial charge in [-0.25, -0.2) is 8.78 Å². The average Bonchev–Trinajstić information content (AvgIpc) is 2.28. The van der Waals surface area contributed by atoms with Crippen LogP contribution in [0.5, 0.6) is 0 Å². The van der Waals surface area contributed by atoms with Crippen LogP contribution in [0, 0.1) is 6.92 Å². The molecule has 0 N–H and O–H groups in total. The zero-order chi connectivity index (χ0) is 9.30. The van der Waals surface area contributed by atoms with E-state index >= 15 is 0 Å². The van der Waals surface area contributed by atoms with Crippen molar-refractivity contribution in [3.05, 3.63) is 20.3 Å². The summed E-state index contributed by atoms with van der Waals surface area (Å²) in [6.45, 7) is 1.86. The van der Waals surface area contributed by atoms with Crippen LogP contribution in [-0.2, 0) is 0 Å². The first-order chi connectivity index (χ1) is 5.52. The molecule has 5 heteroatoms. The molecule has 12 heavy (non-hydrogen) atoms. The summed E-state index contributed by atoms with van der Waals surface area (Å²) in [5, 5.41) is -1.20. The molecule has 0 nitrogen and oxygen atoms in total. The summed E-state index contributed by atoms with van der Waals surface area (Å²) < 4.78 is 25.0. The first-order valence-corrected chi connectivity index (χ1v) is 5.25. The third-order valence-electron chi connectivity index (χ3n) is 1.31. The van der Waals surface area contributed by atoms with Crippen LogP contribution in [0.3, 0.4) is 0 Å². The van der Waals surface area contributed by atoms with Gasteiger partial charge in [0.15, 0.2) is 0 Å². The van der Waals surface area contributed by atoms with E-state index in [9.17, 15) is 8.78 Å². The molecule has 68 valence electrons. The Kier molecular flexibility index (Phi) is 3.49. The summed E-state index contributed by atoms with van der Waals surface area (Å²) in [7, 11) is 0. The number of alkyl halides is 3. The molecule has 0 bridgehead atoms. The molecule has 0 aliphatic heterocycles. The van der Waals surface area contributed by atoms with Crippen molar-refractivity contribution in [1.82, 2.24) is 0 Å². The monoisotopic (exact) mass is 274 g/mol. The van der Waals surface area contributed by atoms with Gasteiger partial charge in [0, 0.05) is 14.2 Å². The van der Waals surface area contributed by atoms with Gasteiger partial charge >= 0.3 is 0 Å². The van der Waals surface area contributed by atoms with Gasteiger partial charge in [-0.3, -0.25) is 0 Å². The summed E-state index contributed by atoms with van der Waals surface area (Å²) in [5.41, 5.74) is 0. The molecule has 0 radical (unpaired) electrons. The lowest BCUT2D eigenvalue weighted by Gasteiger charge is -2.05. The lowest BCUT2D eigenvalue weighted by atomic mass is 10.3. The van der Waals surface area contributed by atoms with Crippen molar-refractivity contribution in [1.29, 1.82) is 0 Å². The lowest BCUT2D eigenvalue weighted by Crippen LogP contribution is -1.99. The Morgan fingerprint density at radius 1 is 1.58 bits per heavy atom. The molecule has 1 aromatic rings. The summed E-state index contributed by atoms with van der Waals surface area (Å²) in [6, 6.07) is 1.79. The van der Waals surface area contributed by atoms with E-state index in [0.29, 0.717) is 9.35 Å². The maximum absolute atomic E-state index is 12.2. The Balaban J connectivity index is 2.94. The summed E-state index contributed by atoms with van der Waals surface area (Å²) in [5.74, 6) is 0. The third kappa shape index (κ3) is 2.18. The molecule has 0 aliphatic rings. The van der Waals surface area contributed by atoms with Crippen LogP contribution in [0.4, 0.5) is 8.78 Å². The highest BCUT2D eigenvalue weighted by Crippen LogP contribution is 2.38. The second kappa shape index (κ2) is 4.03. The molecular weight excluding hydrogens is 269 g/mol. The van der Waals surface area contributed by atoms with E-state index in [4.69, 9.17) is 11.6 Å². The van der Waals surface area contributed by atoms with E-state index in [1.165, 1.54) is 11.3 Å². The van der Waals surface area contributed by atoms with E-state index < -0.39 is 11.8 Å². The molecule has 1 heterocycles. The zero-order valence-electron chi connectivity index (χ0n) is 6.15. The number of hydrogen-bond donors (Lipinski definition) is 0.